The third-order valence-corrected chi connectivity index (χ3v) is 5.73. The Labute approximate surface area is 183 Å². The van der Waals surface area contributed by atoms with Crippen LogP contribution in [0.4, 0.5) is 4.79 Å². The molecule has 3 aromatic rings. The average Bonchev–Trinajstić information content (AvgIpc) is 3.26. The highest BCUT2D eigenvalue weighted by atomic mass is 16.5. The SMILES string of the molecule is CCCN1C(=O)NC(c2ccc(C)cc2)C(c2nc(-c3ccc(CC)cc3)no2)=C1C. The van der Waals surface area contributed by atoms with Gasteiger partial charge in [0.15, 0.2) is 0 Å². The van der Waals surface area contributed by atoms with Crippen LogP contribution in [-0.2, 0) is 6.42 Å². The third-order valence-electron chi connectivity index (χ3n) is 5.73. The minimum absolute atomic E-state index is 0.108. The summed E-state index contributed by atoms with van der Waals surface area (Å²) in [6, 6.07) is 15.9. The van der Waals surface area contributed by atoms with Gasteiger partial charge in [-0.15, -0.1) is 0 Å². The molecule has 1 atom stereocenters. The first-order chi connectivity index (χ1) is 15.0. The van der Waals surface area contributed by atoms with Gasteiger partial charge in [0.05, 0.1) is 11.6 Å². The lowest BCUT2D eigenvalue weighted by atomic mass is 9.94. The first kappa shape index (κ1) is 20.8. The van der Waals surface area contributed by atoms with E-state index in [0.29, 0.717) is 18.3 Å². The van der Waals surface area contributed by atoms with Gasteiger partial charge < -0.3 is 9.84 Å². The highest BCUT2D eigenvalue weighted by Crippen LogP contribution is 2.37. The second-order valence-corrected chi connectivity index (χ2v) is 7.92. The Morgan fingerprint density at radius 2 is 1.74 bits per heavy atom. The molecule has 0 radical (unpaired) electrons. The van der Waals surface area contributed by atoms with Crippen LogP contribution < -0.4 is 5.32 Å². The van der Waals surface area contributed by atoms with E-state index >= 15 is 0 Å². The minimum atomic E-state index is -0.350. The van der Waals surface area contributed by atoms with Crippen LogP contribution in [0.15, 0.2) is 58.8 Å². The van der Waals surface area contributed by atoms with E-state index in [4.69, 9.17) is 9.51 Å². The van der Waals surface area contributed by atoms with E-state index in [0.717, 1.165) is 40.8 Å². The van der Waals surface area contributed by atoms with Crippen LogP contribution in [0.2, 0.25) is 0 Å². The zero-order valence-electron chi connectivity index (χ0n) is 18.5. The van der Waals surface area contributed by atoms with Crippen molar-refractivity contribution in [1.29, 1.82) is 0 Å². The molecule has 0 fully saturated rings. The fourth-order valence-corrected chi connectivity index (χ4v) is 3.90. The fourth-order valence-electron chi connectivity index (χ4n) is 3.90. The summed E-state index contributed by atoms with van der Waals surface area (Å²) < 4.78 is 5.73. The number of amides is 2. The third kappa shape index (κ3) is 4.10. The molecule has 0 spiro atoms. The number of aryl methyl sites for hydroxylation is 2. The van der Waals surface area contributed by atoms with Crippen LogP contribution in [0.5, 0.6) is 0 Å². The molecule has 1 aliphatic rings. The Morgan fingerprint density at radius 3 is 2.39 bits per heavy atom. The molecule has 6 nitrogen and oxygen atoms in total. The van der Waals surface area contributed by atoms with E-state index in [1.54, 1.807) is 4.90 Å². The smallest absolute Gasteiger partial charge is 0.322 e. The molecule has 2 amide bonds. The number of benzene rings is 2. The normalized spacial score (nSPS) is 16.6. The Bertz CT molecular complexity index is 1100. The van der Waals surface area contributed by atoms with Gasteiger partial charge >= 0.3 is 6.03 Å². The molecule has 2 heterocycles. The summed E-state index contributed by atoms with van der Waals surface area (Å²) in [5, 5.41) is 7.36. The van der Waals surface area contributed by atoms with Gasteiger partial charge in [0.1, 0.15) is 0 Å². The maximum Gasteiger partial charge on any atom is 0.322 e. The lowest BCUT2D eigenvalue weighted by Gasteiger charge is -2.35. The van der Waals surface area contributed by atoms with Gasteiger partial charge in [-0.05, 0) is 37.8 Å². The van der Waals surface area contributed by atoms with E-state index in [9.17, 15) is 4.79 Å². The fraction of sp³-hybridized carbons (Fsp3) is 0.320. The molecule has 160 valence electrons. The largest absolute Gasteiger partial charge is 0.334 e. The second kappa shape index (κ2) is 8.76. The Morgan fingerprint density at radius 1 is 1.03 bits per heavy atom. The predicted octanol–water partition coefficient (Wildman–Crippen LogP) is 5.51. The van der Waals surface area contributed by atoms with Gasteiger partial charge in [-0.1, -0.05) is 73.1 Å². The number of aromatic nitrogens is 2. The van der Waals surface area contributed by atoms with Crippen molar-refractivity contribution >= 4 is 11.6 Å². The van der Waals surface area contributed by atoms with Gasteiger partial charge in [0.2, 0.25) is 5.82 Å². The summed E-state index contributed by atoms with van der Waals surface area (Å²) in [5.41, 5.74) is 5.99. The second-order valence-electron chi connectivity index (χ2n) is 7.92. The highest BCUT2D eigenvalue weighted by molar-refractivity contribution is 5.86. The summed E-state index contributed by atoms with van der Waals surface area (Å²) in [7, 11) is 0. The molecular formula is C25H28N4O2. The van der Waals surface area contributed by atoms with Crippen molar-refractivity contribution in [3.05, 3.63) is 76.8 Å². The summed E-state index contributed by atoms with van der Waals surface area (Å²) in [6.45, 7) is 8.80. The molecular weight excluding hydrogens is 388 g/mol. The van der Waals surface area contributed by atoms with Crippen LogP contribution in [0.1, 0.15) is 55.8 Å². The van der Waals surface area contributed by atoms with Crippen molar-refractivity contribution in [2.24, 2.45) is 0 Å². The average molecular weight is 417 g/mol. The van der Waals surface area contributed by atoms with Gasteiger partial charge in [-0.3, -0.25) is 4.90 Å². The summed E-state index contributed by atoms with van der Waals surface area (Å²) in [6.07, 6.45) is 1.83. The number of nitrogens with zero attached hydrogens (tertiary/aromatic N) is 3. The molecule has 6 heteroatoms. The first-order valence-electron chi connectivity index (χ1n) is 10.8. The molecule has 0 saturated heterocycles. The zero-order chi connectivity index (χ0) is 22.0. The van der Waals surface area contributed by atoms with Crippen LogP contribution in [0, 0.1) is 6.92 Å². The summed E-state index contributed by atoms with van der Waals surface area (Å²) in [5.74, 6) is 0.971. The molecule has 0 saturated carbocycles. The van der Waals surface area contributed by atoms with Gasteiger partial charge in [-0.2, -0.15) is 4.98 Å². The number of rotatable bonds is 6. The van der Waals surface area contributed by atoms with Crippen LogP contribution in [-0.4, -0.2) is 27.6 Å². The first-order valence-corrected chi connectivity index (χ1v) is 10.8. The van der Waals surface area contributed by atoms with Crippen molar-refractivity contribution in [3.63, 3.8) is 0 Å². The lowest BCUT2D eigenvalue weighted by Crippen LogP contribution is -2.46. The maximum absolute atomic E-state index is 12.8. The molecule has 4 rings (SSSR count). The van der Waals surface area contributed by atoms with E-state index in [1.165, 1.54) is 5.56 Å². The molecule has 31 heavy (non-hydrogen) atoms. The number of hydrogen-bond acceptors (Lipinski definition) is 4. The maximum atomic E-state index is 12.8. The topological polar surface area (TPSA) is 71.3 Å². The van der Waals surface area contributed by atoms with Crippen LogP contribution in [0.3, 0.4) is 0 Å². The predicted molar refractivity (Wildman–Crippen MR) is 121 cm³/mol. The molecule has 0 bridgehead atoms. The van der Waals surface area contributed by atoms with Gasteiger partial charge in [-0.25, -0.2) is 4.79 Å². The zero-order valence-corrected chi connectivity index (χ0v) is 18.5. The summed E-state index contributed by atoms with van der Waals surface area (Å²) in [4.78, 5) is 19.3. The molecule has 1 aromatic heterocycles. The van der Waals surface area contributed by atoms with E-state index in [2.05, 4.69) is 36.5 Å². The molecule has 0 aliphatic carbocycles. The van der Waals surface area contributed by atoms with E-state index in [1.807, 2.05) is 50.2 Å². The number of allylic oxidation sites excluding steroid dienone is 1. The molecule has 1 N–H and O–H groups in total. The van der Waals surface area contributed by atoms with Crippen LogP contribution in [0.25, 0.3) is 17.0 Å². The Kier molecular flexibility index (Phi) is 5.89. The monoisotopic (exact) mass is 416 g/mol. The number of nitrogens with one attached hydrogen (secondary N) is 1. The molecule has 2 aromatic carbocycles. The lowest BCUT2D eigenvalue weighted by molar-refractivity contribution is 0.205. The van der Waals surface area contributed by atoms with E-state index < -0.39 is 0 Å². The van der Waals surface area contributed by atoms with E-state index in [-0.39, 0.29) is 12.1 Å². The number of urea groups is 1. The number of carbonyl (C=O) groups excluding carboxylic acids is 1. The van der Waals surface area contributed by atoms with Crippen molar-refractivity contribution in [2.45, 2.75) is 46.6 Å². The highest BCUT2D eigenvalue weighted by Gasteiger charge is 2.35. The number of carbonyl (C=O) groups is 1. The van der Waals surface area contributed by atoms with Crippen molar-refractivity contribution < 1.29 is 9.32 Å². The Balaban J connectivity index is 1.78. The number of hydrogen-bond donors (Lipinski definition) is 1. The quantitative estimate of drug-likeness (QED) is 0.575. The standard InChI is InChI=1S/C25H28N4O2/c1-5-15-29-17(4)21(22(26-25(29)30)19-11-7-16(3)8-12-19)24-27-23(28-31-24)20-13-9-18(6-2)10-14-20/h7-14,22H,5-6,15H2,1-4H3,(H,26,30). The van der Waals surface area contributed by atoms with Crippen molar-refractivity contribution in [1.82, 2.24) is 20.4 Å². The molecule has 1 unspecified atom stereocenters. The van der Waals surface area contributed by atoms with Crippen LogP contribution >= 0.6 is 0 Å². The minimum Gasteiger partial charge on any atom is -0.334 e. The van der Waals surface area contributed by atoms with Crippen molar-refractivity contribution in [3.8, 4) is 11.4 Å². The summed E-state index contributed by atoms with van der Waals surface area (Å²) >= 11 is 0. The Hall–Kier alpha value is -3.41. The molecule has 1 aliphatic heterocycles. The van der Waals surface area contributed by atoms with Gasteiger partial charge in [0.25, 0.3) is 5.89 Å². The van der Waals surface area contributed by atoms with Gasteiger partial charge in [0, 0.05) is 17.8 Å². The van der Waals surface area contributed by atoms with Crippen molar-refractivity contribution in [2.75, 3.05) is 6.54 Å².